The van der Waals surface area contributed by atoms with Gasteiger partial charge in [0.15, 0.2) is 5.60 Å². The Morgan fingerprint density at radius 2 is 1.90 bits per heavy atom. The molecule has 0 unspecified atom stereocenters. The van der Waals surface area contributed by atoms with Crippen molar-refractivity contribution in [2.75, 3.05) is 6.61 Å². The molecule has 7 N–H and O–H groups in total. The highest BCUT2D eigenvalue weighted by Crippen LogP contribution is 2.36. The lowest BCUT2D eigenvalue weighted by molar-refractivity contribution is -0.178. The number of aliphatic hydroxyl groups is 5. The molecule has 1 rings (SSSR count). The summed E-state index contributed by atoms with van der Waals surface area (Å²) in [5.41, 5.74) is -2.28. The van der Waals surface area contributed by atoms with Crippen LogP contribution in [0, 0.1) is 5.92 Å². The van der Waals surface area contributed by atoms with E-state index < -0.39 is 67.2 Å². The van der Waals surface area contributed by atoms with Gasteiger partial charge in [0, 0.05) is 19.3 Å². The zero-order chi connectivity index (χ0) is 16.4. The number of nitrogens with one attached hydrogen (secondary N) is 1. The summed E-state index contributed by atoms with van der Waals surface area (Å²) in [5.74, 6) is -3.23. The molecule has 1 aliphatic carbocycles. The van der Waals surface area contributed by atoms with Crippen molar-refractivity contribution in [3.63, 3.8) is 0 Å². The van der Waals surface area contributed by atoms with Crippen LogP contribution in [0.25, 0.3) is 0 Å². The Balaban J connectivity index is 3.07. The van der Waals surface area contributed by atoms with E-state index in [9.17, 15) is 30.0 Å². The molecular weight excluding hydrogens is 286 g/mol. The number of aliphatic carboxylic acids is 1. The number of rotatable bonds is 5. The first-order valence-electron chi connectivity index (χ1n) is 6.50. The number of hydrogen-bond acceptors (Lipinski definition) is 7. The Morgan fingerprint density at radius 1 is 1.33 bits per heavy atom. The predicted molar refractivity (Wildman–Crippen MR) is 68.0 cm³/mol. The molecule has 1 amide bonds. The fraction of sp³-hybridized carbons (Fsp3) is 0.833. The molecule has 0 aromatic heterocycles. The summed E-state index contributed by atoms with van der Waals surface area (Å²) in [6.45, 7) is 0.392. The molecule has 21 heavy (non-hydrogen) atoms. The fourth-order valence-corrected chi connectivity index (χ4v) is 2.70. The van der Waals surface area contributed by atoms with Gasteiger partial charge >= 0.3 is 5.97 Å². The minimum atomic E-state index is -2.28. The molecule has 0 aromatic rings. The van der Waals surface area contributed by atoms with Crippen LogP contribution < -0.4 is 5.32 Å². The van der Waals surface area contributed by atoms with Crippen molar-refractivity contribution < 1.29 is 40.2 Å². The van der Waals surface area contributed by atoms with Crippen LogP contribution in [0.3, 0.4) is 0 Å². The number of carboxylic acids is 1. The first-order chi connectivity index (χ1) is 9.62. The number of carbonyl (C=O) groups is 2. The third-order valence-electron chi connectivity index (χ3n) is 3.78. The maximum absolute atomic E-state index is 11.2. The molecule has 122 valence electrons. The Kier molecular flexibility index (Phi) is 5.65. The number of carboxylic acid groups (broad SMARTS) is 1. The molecule has 1 saturated carbocycles. The molecule has 9 nitrogen and oxygen atoms in total. The Hall–Kier alpha value is -1.26. The zero-order valence-corrected chi connectivity index (χ0v) is 11.5. The van der Waals surface area contributed by atoms with Crippen molar-refractivity contribution in [3.8, 4) is 0 Å². The van der Waals surface area contributed by atoms with Crippen LogP contribution in [0.4, 0.5) is 0 Å². The van der Waals surface area contributed by atoms with Crippen LogP contribution in [-0.2, 0) is 9.59 Å². The molecule has 1 aliphatic rings. The van der Waals surface area contributed by atoms with E-state index in [2.05, 4.69) is 5.32 Å². The molecule has 0 aliphatic heterocycles. The molecule has 0 aromatic carbocycles. The van der Waals surface area contributed by atoms with Gasteiger partial charge in [-0.3, -0.25) is 4.79 Å². The maximum atomic E-state index is 11.2. The number of hydrogen-bond donors (Lipinski definition) is 7. The first kappa shape index (κ1) is 17.8. The molecule has 0 bridgehead atoms. The van der Waals surface area contributed by atoms with E-state index in [1.165, 1.54) is 6.92 Å². The van der Waals surface area contributed by atoms with Gasteiger partial charge in [0.05, 0.1) is 24.9 Å². The second kappa shape index (κ2) is 6.67. The monoisotopic (exact) mass is 307 g/mol. The molecule has 6 atom stereocenters. The summed E-state index contributed by atoms with van der Waals surface area (Å²) < 4.78 is 0. The molecule has 1 fully saturated rings. The lowest BCUT2D eigenvalue weighted by atomic mass is 9.70. The minimum Gasteiger partial charge on any atom is -0.479 e. The van der Waals surface area contributed by atoms with E-state index in [0.29, 0.717) is 0 Å². The highest BCUT2D eigenvalue weighted by atomic mass is 16.4. The smallest absolute Gasteiger partial charge is 0.335 e. The summed E-state index contributed by atoms with van der Waals surface area (Å²) in [6, 6.07) is -1.04. The topological polar surface area (TPSA) is 168 Å². The Labute approximate surface area is 120 Å². The Bertz CT molecular complexity index is 403. The van der Waals surface area contributed by atoms with Gasteiger partial charge in [-0.2, -0.15) is 0 Å². The van der Waals surface area contributed by atoms with E-state index in [4.69, 9.17) is 10.2 Å². The summed E-state index contributed by atoms with van der Waals surface area (Å²) in [4.78, 5) is 22.3. The molecule has 9 heteroatoms. The maximum Gasteiger partial charge on any atom is 0.335 e. The van der Waals surface area contributed by atoms with Gasteiger partial charge in [0.1, 0.15) is 6.10 Å². The third kappa shape index (κ3) is 3.89. The van der Waals surface area contributed by atoms with E-state index in [1.807, 2.05) is 0 Å². The zero-order valence-electron chi connectivity index (χ0n) is 11.5. The van der Waals surface area contributed by atoms with Crippen molar-refractivity contribution in [1.82, 2.24) is 5.32 Å². The standard InChI is InChI=1S/C12H21NO8/c1-5(15)13-9-6(10(18)8(17)4-14)2-12(21,11(19)20)3-7(9)16/h6-10,14,16-18,21H,2-4H2,1H3,(H,13,15)(H,19,20)/t6-,7+,8+,9-,10-,12-/m0/s1. The van der Waals surface area contributed by atoms with E-state index >= 15 is 0 Å². The van der Waals surface area contributed by atoms with Crippen molar-refractivity contribution in [2.24, 2.45) is 5.92 Å². The second-order valence-electron chi connectivity index (χ2n) is 5.44. The molecule has 0 saturated heterocycles. The van der Waals surface area contributed by atoms with Crippen molar-refractivity contribution >= 4 is 11.9 Å². The number of carbonyl (C=O) groups excluding carboxylic acids is 1. The van der Waals surface area contributed by atoms with Gasteiger partial charge in [0.25, 0.3) is 0 Å². The fourth-order valence-electron chi connectivity index (χ4n) is 2.70. The van der Waals surface area contributed by atoms with E-state index in [0.717, 1.165) is 0 Å². The lowest BCUT2D eigenvalue weighted by Crippen LogP contribution is -2.62. The molecular formula is C12H21NO8. The van der Waals surface area contributed by atoms with Crippen LogP contribution in [0.5, 0.6) is 0 Å². The SMILES string of the molecule is CC(=O)N[C@H]1[C@@H]([C@H](O)[C@H](O)CO)C[C@@](O)(C(=O)O)C[C@H]1O. The van der Waals surface area contributed by atoms with Crippen LogP contribution in [-0.4, -0.2) is 79.1 Å². The molecule has 0 heterocycles. The largest absolute Gasteiger partial charge is 0.479 e. The average Bonchev–Trinajstić information content (AvgIpc) is 2.39. The van der Waals surface area contributed by atoms with E-state index in [-0.39, 0.29) is 0 Å². The van der Waals surface area contributed by atoms with Gasteiger partial charge in [0.2, 0.25) is 5.91 Å². The summed E-state index contributed by atoms with van der Waals surface area (Å²) in [6.07, 6.45) is -5.63. The van der Waals surface area contributed by atoms with Gasteiger partial charge in [-0.1, -0.05) is 0 Å². The molecule has 0 radical (unpaired) electrons. The highest BCUT2D eigenvalue weighted by molar-refractivity contribution is 5.78. The van der Waals surface area contributed by atoms with Crippen molar-refractivity contribution in [3.05, 3.63) is 0 Å². The van der Waals surface area contributed by atoms with Crippen LogP contribution >= 0.6 is 0 Å². The predicted octanol–water partition coefficient (Wildman–Crippen LogP) is -3.21. The lowest BCUT2D eigenvalue weighted by Gasteiger charge is -2.44. The molecule has 0 spiro atoms. The normalized spacial score (nSPS) is 35.8. The first-order valence-corrected chi connectivity index (χ1v) is 6.50. The van der Waals surface area contributed by atoms with Crippen molar-refractivity contribution in [1.29, 1.82) is 0 Å². The van der Waals surface area contributed by atoms with Crippen molar-refractivity contribution in [2.45, 2.75) is 49.7 Å². The van der Waals surface area contributed by atoms with Crippen LogP contribution in [0.15, 0.2) is 0 Å². The number of aliphatic hydroxyl groups excluding tert-OH is 4. The number of amides is 1. The van der Waals surface area contributed by atoms with Crippen LogP contribution in [0.2, 0.25) is 0 Å². The van der Waals surface area contributed by atoms with Gasteiger partial charge < -0.3 is 36.0 Å². The van der Waals surface area contributed by atoms with Gasteiger partial charge in [-0.15, -0.1) is 0 Å². The highest BCUT2D eigenvalue weighted by Gasteiger charge is 2.52. The van der Waals surface area contributed by atoms with E-state index in [1.54, 1.807) is 0 Å². The quantitative estimate of drug-likeness (QED) is 0.278. The summed E-state index contributed by atoms with van der Waals surface area (Å²) in [7, 11) is 0. The Morgan fingerprint density at radius 3 is 2.33 bits per heavy atom. The van der Waals surface area contributed by atoms with Gasteiger partial charge in [-0.05, 0) is 6.42 Å². The second-order valence-corrected chi connectivity index (χ2v) is 5.44. The third-order valence-corrected chi connectivity index (χ3v) is 3.78. The summed E-state index contributed by atoms with van der Waals surface area (Å²) >= 11 is 0. The van der Waals surface area contributed by atoms with Gasteiger partial charge in [-0.25, -0.2) is 4.79 Å². The minimum absolute atomic E-state index is 0.484. The summed E-state index contributed by atoms with van der Waals surface area (Å²) in [5, 5.41) is 59.8. The van der Waals surface area contributed by atoms with Crippen LogP contribution in [0.1, 0.15) is 19.8 Å². The average molecular weight is 307 g/mol.